The van der Waals surface area contributed by atoms with Crippen molar-refractivity contribution in [1.29, 1.82) is 0 Å². The number of carbonyl (C=O) groups is 1. The minimum absolute atomic E-state index is 0. The molecule has 0 saturated carbocycles. The van der Waals surface area contributed by atoms with Gasteiger partial charge in [0, 0.05) is 38.9 Å². The lowest BCUT2D eigenvalue weighted by molar-refractivity contribution is 0.0350. The average Bonchev–Trinajstić information content (AvgIpc) is 2.94. The standard InChI is InChI=1S/C15H20N2O2.ClH/c1-19-14-4-6-17(7-5-14)15(18)11-2-3-12-9-16-10-13(12)8-11;/h2-3,8,14,16H,4-7,9-10H2,1H3;1H. The first kappa shape index (κ1) is 15.3. The van der Waals surface area contributed by atoms with Crippen LogP contribution in [0.25, 0.3) is 0 Å². The van der Waals surface area contributed by atoms with Crippen molar-refractivity contribution in [3.63, 3.8) is 0 Å². The fourth-order valence-electron chi connectivity index (χ4n) is 2.90. The Balaban J connectivity index is 0.00000147. The number of nitrogens with one attached hydrogen (secondary N) is 1. The molecule has 1 amide bonds. The highest BCUT2D eigenvalue weighted by molar-refractivity contribution is 5.94. The molecule has 0 bridgehead atoms. The number of halogens is 1. The van der Waals surface area contributed by atoms with Crippen LogP contribution >= 0.6 is 12.4 Å². The van der Waals surface area contributed by atoms with Gasteiger partial charge in [0.05, 0.1) is 6.10 Å². The van der Waals surface area contributed by atoms with Gasteiger partial charge in [0.1, 0.15) is 0 Å². The van der Waals surface area contributed by atoms with Crippen molar-refractivity contribution in [2.24, 2.45) is 0 Å². The monoisotopic (exact) mass is 296 g/mol. The Hall–Kier alpha value is -1.10. The van der Waals surface area contributed by atoms with Crippen molar-refractivity contribution in [3.8, 4) is 0 Å². The summed E-state index contributed by atoms with van der Waals surface area (Å²) in [6.45, 7) is 3.39. The maximum absolute atomic E-state index is 12.5. The summed E-state index contributed by atoms with van der Waals surface area (Å²) in [5, 5.41) is 3.31. The van der Waals surface area contributed by atoms with Gasteiger partial charge in [0.2, 0.25) is 0 Å². The predicted octanol–water partition coefficient (Wildman–Crippen LogP) is 1.96. The summed E-state index contributed by atoms with van der Waals surface area (Å²) in [6.07, 6.45) is 2.19. The summed E-state index contributed by atoms with van der Waals surface area (Å²) in [7, 11) is 1.75. The zero-order valence-electron chi connectivity index (χ0n) is 11.7. The van der Waals surface area contributed by atoms with Crippen molar-refractivity contribution in [1.82, 2.24) is 10.2 Å². The molecule has 5 heteroatoms. The van der Waals surface area contributed by atoms with Crippen molar-refractivity contribution in [2.75, 3.05) is 20.2 Å². The average molecular weight is 297 g/mol. The number of rotatable bonds is 2. The number of piperidine rings is 1. The van der Waals surface area contributed by atoms with Crippen molar-refractivity contribution in [2.45, 2.75) is 32.0 Å². The minimum atomic E-state index is 0. The van der Waals surface area contributed by atoms with Crippen LogP contribution < -0.4 is 5.32 Å². The molecule has 2 aliphatic heterocycles. The summed E-state index contributed by atoms with van der Waals surface area (Å²) in [4.78, 5) is 14.4. The van der Waals surface area contributed by atoms with Gasteiger partial charge >= 0.3 is 0 Å². The molecule has 0 radical (unpaired) electrons. The van der Waals surface area contributed by atoms with Gasteiger partial charge in [-0.15, -0.1) is 12.4 Å². The van der Waals surface area contributed by atoms with Crippen LogP contribution in [0.3, 0.4) is 0 Å². The van der Waals surface area contributed by atoms with Crippen LogP contribution in [0.1, 0.15) is 34.3 Å². The largest absolute Gasteiger partial charge is 0.381 e. The third-order valence-electron chi connectivity index (χ3n) is 4.15. The van der Waals surface area contributed by atoms with Crippen LogP contribution in [0, 0.1) is 0 Å². The molecule has 0 atom stereocenters. The second-order valence-electron chi connectivity index (χ2n) is 5.31. The van der Waals surface area contributed by atoms with Gasteiger partial charge in [-0.05, 0) is 36.1 Å². The van der Waals surface area contributed by atoms with Gasteiger partial charge in [-0.25, -0.2) is 0 Å². The zero-order valence-corrected chi connectivity index (χ0v) is 12.5. The van der Waals surface area contributed by atoms with E-state index in [0.717, 1.165) is 44.6 Å². The van der Waals surface area contributed by atoms with E-state index in [0.29, 0.717) is 6.10 Å². The zero-order chi connectivity index (χ0) is 13.2. The molecule has 110 valence electrons. The molecule has 1 saturated heterocycles. The Kier molecular flexibility index (Phi) is 5.02. The van der Waals surface area contributed by atoms with Gasteiger partial charge in [-0.1, -0.05) is 6.07 Å². The van der Waals surface area contributed by atoms with E-state index in [9.17, 15) is 4.79 Å². The summed E-state index contributed by atoms with van der Waals surface area (Å²) >= 11 is 0. The smallest absolute Gasteiger partial charge is 0.253 e. The highest BCUT2D eigenvalue weighted by Gasteiger charge is 2.24. The van der Waals surface area contributed by atoms with Crippen molar-refractivity contribution < 1.29 is 9.53 Å². The molecule has 2 heterocycles. The Morgan fingerprint density at radius 1 is 1.25 bits per heavy atom. The summed E-state index contributed by atoms with van der Waals surface area (Å²) in [5.41, 5.74) is 3.39. The lowest BCUT2D eigenvalue weighted by atomic mass is 10.0. The van der Waals surface area contributed by atoms with E-state index < -0.39 is 0 Å². The van der Waals surface area contributed by atoms with Crippen LogP contribution in [0.4, 0.5) is 0 Å². The molecule has 0 aromatic heterocycles. The van der Waals surface area contributed by atoms with Crippen LogP contribution in [0.15, 0.2) is 18.2 Å². The van der Waals surface area contributed by atoms with Gasteiger partial charge in [-0.2, -0.15) is 0 Å². The van der Waals surface area contributed by atoms with E-state index >= 15 is 0 Å². The van der Waals surface area contributed by atoms with Crippen molar-refractivity contribution in [3.05, 3.63) is 34.9 Å². The second kappa shape index (κ2) is 6.57. The van der Waals surface area contributed by atoms with E-state index in [4.69, 9.17) is 4.74 Å². The normalized spacial score (nSPS) is 18.6. The Morgan fingerprint density at radius 3 is 2.65 bits per heavy atom. The molecule has 20 heavy (non-hydrogen) atoms. The topological polar surface area (TPSA) is 41.6 Å². The van der Waals surface area contributed by atoms with Gasteiger partial charge in [0.25, 0.3) is 5.91 Å². The molecule has 0 aliphatic carbocycles. The van der Waals surface area contributed by atoms with Gasteiger partial charge in [0.15, 0.2) is 0 Å². The van der Waals surface area contributed by atoms with Crippen LogP contribution in [0.5, 0.6) is 0 Å². The SMILES string of the molecule is COC1CCN(C(=O)c2ccc3c(c2)CNC3)CC1.Cl. The second-order valence-corrected chi connectivity index (χ2v) is 5.31. The number of hydrogen-bond acceptors (Lipinski definition) is 3. The number of fused-ring (bicyclic) bond motifs is 1. The number of carbonyl (C=O) groups excluding carboxylic acids is 1. The number of ether oxygens (including phenoxy) is 1. The number of hydrogen-bond donors (Lipinski definition) is 1. The molecule has 3 rings (SSSR count). The van der Waals surface area contributed by atoms with E-state index in [-0.39, 0.29) is 18.3 Å². The Bertz CT molecular complexity index is 485. The summed E-state index contributed by atoms with van der Waals surface area (Å²) < 4.78 is 5.34. The molecule has 1 N–H and O–H groups in total. The highest BCUT2D eigenvalue weighted by atomic mass is 35.5. The number of benzene rings is 1. The minimum Gasteiger partial charge on any atom is -0.381 e. The number of amides is 1. The molecule has 1 aromatic carbocycles. The summed E-state index contributed by atoms with van der Waals surface area (Å²) in [5.74, 6) is 0.157. The van der Waals surface area contributed by atoms with E-state index in [2.05, 4.69) is 11.4 Å². The first-order valence-electron chi connectivity index (χ1n) is 6.92. The third-order valence-corrected chi connectivity index (χ3v) is 4.15. The fourth-order valence-corrected chi connectivity index (χ4v) is 2.90. The lowest BCUT2D eigenvalue weighted by Gasteiger charge is -2.31. The Labute approximate surface area is 125 Å². The number of likely N-dealkylation sites (tertiary alicyclic amines) is 1. The molecule has 0 spiro atoms. The quantitative estimate of drug-likeness (QED) is 0.907. The van der Waals surface area contributed by atoms with E-state index in [1.54, 1.807) is 7.11 Å². The van der Waals surface area contributed by atoms with E-state index in [1.165, 1.54) is 11.1 Å². The molecule has 4 nitrogen and oxygen atoms in total. The maximum Gasteiger partial charge on any atom is 0.253 e. The molecular weight excluding hydrogens is 276 g/mol. The van der Waals surface area contributed by atoms with Gasteiger partial charge in [-0.3, -0.25) is 4.79 Å². The van der Waals surface area contributed by atoms with Crippen LogP contribution in [-0.4, -0.2) is 37.1 Å². The number of nitrogens with zero attached hydrogens (tertiary/aromatic N) is 1. The first-order chi connectivity index (χ1) is 9.28. The molecule has 2 aliphatic rings. The van der Waals surface area contributed by atoms with Crippen LogP contribution in [-0.2, 0) is 17.8 Å². The molecule has 1 aromatic rings. The van der Waals surface area contributed by atoms with Gasteiger partial charge < -0.3 is 15.0 Å². The molecule has 0 unspecified atom stereocenters. The van der Waals surface area contributed by atoms with Crippen molar-refractivity contribution >= 4 is 18.3 Å². The predicted molar refractivity (Wildman–Crippen MR) is 80.2 cm³/mol. The third kappa shape index (κ3) is 2.97. The number of methoxy groups -OCH3 is 1. The maximum atomic E-state index is 12.5. The molecule has 1 fully saturated rings. The Morgan fingerprint density at radius 2 is 1.95 bits per heavy atom. The highest BCUT2D eigenvalue weighted by Crippen LogP contribution is 2.20. The van der Waals surface area contributed by atoms with E-state index in [1.807, 2.05) is 17.0 Å². The molecular formula is C15H21ClN2O2. The fraction of sp³-hybridized carbons (Fsp3) is 0.533. The first-order valence-corrected chi connectivity index (χ1v) is 6.92. The lowest BCUT2D eigenvalue weighted by Crippen LogP contribution is -2.40. The summed E-state index contributed by atoms with van der Waals surface area (Å²) in [6, 6.07) is 6.07. The van der Waals surface area contributed by atoms with Crippen LogP contribution in [0.2, 0.25) is 0 Å².